The first kappa shape index (κ1) is 21.0. The number of nitrogens with zero attached hydrogens (tertiary/aromatic N) is 3. The summed E-state index contributed by atoms with van der Waals surface area (Å²) < 4.78 is 5.65. The molecule has 1 aromatic carbocycles. The molecule has 0 spiro atoms. The average Bonchev–Trinajstić information content (AvgIpc) is 2.94. The SMILES string of the molecule is CN=C(NCCOc1ccc(Cl)cc1)N(C)Cc1csc(C)n1.I. The molecule has 2 rings (SSSR count). The number of halogens is 2. The van der Waals surface area contributed by atoms with Crippen molar-refractivity contribution >= 4 is 52.9 Å². The third-order valence-corrected chi connectivity index (χ3v) is 4.18. The van der Waals surface area contributed by atoms with Gasteiger partial charge in [0.15, 0.2) is 5.96 Å². The van der Waals surface area contributed by atoms with E-state index in [1.807, 2.05) is 43.1 Å². The lowest BCUT2D eigenvalue weighted by Crippen LogP contribution is -2.40. The van der Waals surface area contributed by atoms with Crippen molar-refractivity contribution in [1.82, 2.24) is 15.2 Å². The molecule has 0 saturated carbocycles. The molecule has 1 heterocycles. The summed E-state index contributed by atoms with van der Waals surface area (Å²) in [6.07, 6.45) is 0. The molecule has 1 aromatic heterocycles. The quantitative estimate of drug-likeness (QED) is 0.296. The van der Waals surface area contributed by atoms with E-state index in [1.165, 1.54) is 0 Å². The highest BCUT2D eigenvalue weighted by molar-refractivity contribution is 14.0. The van der Waals surface area contributed by atoms with Crippen molar-refractivity contribution < 1.29 is 4.74 Å². The van der Waals surface area contributed by atoms with Gasteiger partial charge in [-0.05, 0) is 31.2 Å². The van der Waals surface area contributed by atoms with E-state index in [0.717, 1.165) is 29.0 Å². The first-order valence-electron chi connectivity index (χ1n) is 7.29. The zero-order chi connectivity index (χ0) is 16.7. The summed E-state index contributed by atoms with van der Waals surface area (Å²) in [5, 5.41) is 7.13. The van der Waals surface area contributed by atoms with Gasteiger partial charge in [-0.15, -0.1) is 35.3 Å². The van der Waals surface area contributed by atoms with E-state index >= 15 is 0 Å². The molecule has 24 heavy (non-hydrogen) atoms. The fourth-order valence-corrected chi connectivity index (χ4v) is 2.78. The molecule has 0 saturated heterocycles. The van der Waals surface area contributed by atoms with E-state index in [0.29, 0.717) is 18.2 Å². The van der Waals surface area contributed by atoms with Crippen LogP contribution in [0.5, 0.6) is 5.75 Å². The van der Waals surface area contributed by atoms with Crippen LogP contribution in [0.1, 0.15) is 10.7 Å². The topological polar surface area (TPSA) is 49.8 Å². The molecule has 0 unspecified atom stereocenters. The van der Waals surface area contributed by atoms with Gasteiger partial charge in [-0.2, -0.15) is 0 Å². The van der Waals surface area contributed by atoms with Gasteiger partial charge in [0.05, 0.1) is 23.8 Å². The first-order valence-corrected chi connectivity index (χ1v) is 8.55. The summed E-state index contributed by atoms with van der Waals surface area (Å²) in [5.74, 6) is 1.62. The third-order valence-electron chi connectivity index (χ3n) is 3.11. The highest BCUT2D eigenvalue weighted by atomic mass is 127. The number of thiazole rings is 1. The molecule has 0 aliphatic rings. The van der Waals surface area contributed by atoms with Crippen LogP contribution in [0.2, 0.25) is 5.02 Å². The average molecular weight is 481 g/mol. The molecular formula is C16H22ClIN4OS. The van der Waals surface area contributed by atoms with Crippen LogP contribution in [0.4, 0.5) is 0 Å². The maximum Gasteiger partial charge on any atom is 0.193 e. The molecule has 0 bridgehead atoms. The predicted octanol–water partition coefficient (Wildman–Crippen LogP) is 3.81. The van der Waals surface area contributed by atoms with Crippen molar-refractivity contribution in [1.29, 1.82) is 0 Å². The molecule has 132 valence electrons. The summed E-state index contributed by atoms with van der Waals surface area (Å²) in [6, 6.07) is 7.33. The highest BCUT2D eigenvalue weighted by Gasteiger charge is 2.08. The van der Waals surface area contributed by atoms with Gasteiger partial charge in [-0.25, -0.2) is 4.98 Å². The van der Waals surface area contributed by atoms with Gasteiger partial charge in [0.1, 0.15) is 12.4 Å². The van der Waals surface area contributed by atoms with Crippen molar-refractivity contribution in [2.45, 2.75) is 13.5 Å². The Morgan fingerprint density at radius 1 is 1.38 bits per heavy atom. The van der Waals surface area contributed by atoms with Crippen molar-refractivity contribution in [2.24, 2.45) is 4.99 Å². The number of aliphatic imine (C=N–C) groups is 1. The fraction of sp³-hybridized carbons (Fsp3) is 0.375. The van der Waals surface area contributed by atoms with E-state index in [4.69, 9.17) is 16.3 Å². The lowest BCUT2D eigenvalue weighted by Gasteiger charge is -2.21. The Kier molecular flexibility index (Phi) is 9.38. The number of ether oxygens (including phenoxy) is 1. The van der Waals surface area contributed by atoms with Gasteiger partial charge in [-0.3, -0.25) is 4.99 Å². The molecule has 0 aliphatic heterocycles. The molecule has 5 nitrogen and oxygen atoms in total. The van der Waals surface area contributed by atoms with Crippen LogP contribution in [0.25, 0.3) is 0 Å². The number of aryl methyl sites for hydroxylation is 1. The van der Waals surface area contributed by atoms with Gasteiger partial charge >= 0.3 is 0 Å². The maximum absolute atomic E-state index is 5.84. The van der Waals surface area contributed by atoms with Crippen molar-refractivity contribution in [3.8, 4) is 5.75 Å². The molecule has 0 aliphatic carbocycles. The zero-order valence-corrected chi connectivity index (χ0v) is 17.9. The number of guanidine groups is 1. The largest absolute Gasteiger partial charge is 0.492 e. The van der Waals surface area contributed by atoms with E-state index in [1.54, 1.807) is 18.4 Å². The Hall–Kier alpha value is -1.06. The Morgan fingerprint density at radius 3 is 2.67 bits per heavy atom. The smallest absolute Gasteiger partial charge is 0.193 e. The van der Waals surface area contributed by atoms with Gasteiger partial charge in [0.2, 0.25) is 0 Å². The number of hydrogen-bond acceptors (Lipinski definition) is 4. The Bertz CT molecular complexity index is 648. The van der Waals surface area contributed by atoms with Crippen molar-refractivity contribution in [3.63, 3.8) is 0 Å². The standard InChI is InChI=1S/C16H21ClN4OS.HI/c1-12-20-14(11-23-12)10-21(3)16(18-2)19-8-9-22-15-6-4-13(17)5-7-15;/h4-7,11H,8-10H2,1-3H3,(H,18,19);1H. The fourth-order valence-electron chi connectivity index (χ4n) is 2.05. The number of benzene rings is 1. The monoisotopic (exact) mass is 480 g/mol. The van der Waals surface area contributed by atoms with Crippen LogP contribution in [0.3, 0.4) is 0 Å². The van der Waals surface area contributed by atoms with Crippen LogP contribution < -0.4 is 10.1 Å². The van der Waals surface area contributed by atoms with Crippen LogP contribution >= 0.6 is 46.9 Å². The summed E-state index contributed by atoms with van der Waals surface area (Å²) >= 11 is 7.50. The minimum absolute atomic E-state index is 0. The minimum Gasteiger partial charge on any atom is -0.492 e. The summed E-state index contributed by atoms with van der Waals surface area (Å²) in [4.78, 5) is 10.8. The minimum atomic E-state index is 0. The Labute approximate surface area is 169 Å². The normalized spacial score (nSPS) is 10.9. The van der Waals surface area contributed by atoms with Crippen molar-refractivity contribution in [3.05, 3.63) is 45.4 Å². The molecule has 2 aromatic rings. The van der Waals surface area contributed by atoms with Gasteiger partial charge in [-0.1, -0.05) is 11.6 Å². The van der Waals surface area contributed by atoms with Crippen molar-refractivity contribution in [2.75, 3.05) is 27.2 Å². The molecule has 0 radical (unpaired) electrons. The van der Waals surface area contributed by atoms with E-state index in [-0.39, 0.29) is 24.0 Å². The molecular weight excluding hydrogens is 459 g/mol. The molecule has 8 heteroatoms. The molecule has 0 amide bonds. The second kappa shape index (κ2) is 10.7. The number of rotatable bonds is 6. The van der Waals surface area contributed by atoms with Crippen LogP contribution in [0.15, 0.2) is 34.6 Å². The van der Waals surface area contributed by atoms with Crippen LogP contribution in [-0.2, 0) is 6.54 Å². The zero-order valence-electron chi connectivity index (χ0n) is 14.0. The Morgan fingerprint density at radius 2 is 2.08 bits per heavy atom. The summed E-state index contributed by atoms with van der Waals surface area (Å²) in [6.45, 7) is 3.94. The lowest BCUT2D eigenvalue weighted by atomic mass is 10.3. The van der Waals surface area contributed by atoms with E-state index in [9.17, 15) is 0 Å². The molecule has 0 fully saturated rings. The third kappa shape index (κ3) is 6.82. The van der Waals surface area contributed by atoms with E-state index in [2.05, 4.69) is 20.7 Å². The molecule has 1 N–H and O–H groups in total. The van der Waals surface area contributed by atoms with Crippen LogP contribution in [-0.4, -0.2) is 43.1 Å². The van der Waals surface area contributed by atoms with Crippen LogP contribution in [0, 0.1) is 6.92 Å². The summed E-state index contributed by atoms with van der Waals surface area (Å²) in [7, 11) is 3.76. The predicted molar refractivity (Wildman–Crippen MR) is 112 cm³/mol. The second-order valence-corrected chi connectivity index (χ2v) is 6.49. The summed E-state index contributed by atoms with van der Waals surface area (Å²) in [5.41, 5.74) is 1.05. The Balaban J connectivity index is 0.00000288. The highest BCUT2D eigenvalue weighted by Crippen LogP contribution is 2.15. The maximum atomic E-state index is 5.84. The van der Waals surface area contributed by atoms with E-state index < -0.39 is 0 Å². The first-order chi connectivity index (χ1) is 11.1. The lowest BCUT2D eigenvalue weighted by molar-refractivity contribution is 0.319. The van der Waals surface area contributed by atoms with Gasteiger partial charge in [0.25, 0.3) is 0 Å². The van der Waals surface area contributed by atoms with Gasteiger partial charge in [0, 0.05) is 24.5 Å². The number of hydrogen-bond donors (Lipinski definition) is 1. The second-order valence-electron chi connectivity index (χ2n) is 4.99. The number of aromatic nitrogens is 1. The van der Waals surface area contributed by atoms with Gasteiger partial charge < -0.3 is 15.0 Å². The molecule has 0 atom stereocenters. The number of nitrogens with one attached hydrogen (secondary N) is 1.